The van der Waals surface area contributed by atoms with Crippen molar-refractivity contribution in [1.82, 2.24) is 15.2 Å². The summed E-state index contributed by atoms with van der Waals surface area (Å²) >= 11 is 1.53. The van der Waals surface area contributed by atoms with Crippen molar-refractivity contribution in [1.29, 1.82) is 0 Å². The molecule has 0 aliphatic heterocycles. The average molecular weight is 401 g/mol. The smallest absolute Gasteiger partial charge is 0.271 e. The Balaban J connectivity index is 2.14. The number of thiazole rings is 1. The summed E-state index contributed by atoms with van der Waals surface area (Å²) < 4.78 is 0. The van der Waals surface area contributed by atoms with Crippen molar-refractivity contribution in [2.45, 2.75) is 59.9 Å². The van der Waals surface area contributed by atoms with Crippen LogP contribution >= 0.6 is 11.3 Å². The van der Waals surface area contributed by atoms with E-state index in [1.54, 1.807) is 0 Å². The molecular formula is C22H32N4OS. The molecule has 0 saturated carbocycles. The molecule has 2 rings (SSSR count). The van der Waals surface area contributed by atoms with E-state index in [0.717, 1.165) is 35.6 Å². The average Bonchev–Trinajstić information content (AvgIpc) is 3.11. The first-order chi connectivity index (χ1) is 13.1. The number of nitrogens with one attached hydrogen (secondary N) is 1. The van der Waals surface area contributed by atoms with Gasteiger partial charge >= 0.3 is 0 Å². The molecule has 152 valence electrons. The summed E-state index contributed by atoms with van der Waals surface area (Å²) in [6.07, 6.45) is 3.46. The van der Waals surface area contributed by atoms with Crippen LogP contribution in [0.25, 0.3) is 0 Å². The Labute approximate surface area is 172 Å². The molecule has 5 nitrogen and oxygen atoms in total. The maximum absolute atomic E-state index is 12.4. The number of hydrogen-bond acceptors (Lipinski definition) is 4. The first-order valence-electron chi connectivity index (χ1n) is 9.76. The highest BCUT2D eigenvalue weighted by Crippen LogP contribution is 2.26. The number of benzene rings is 1. The zero-order valence-corrected chi connectivity index (χ0v) is 18.9. The third-order valence-electron chi connectivity index (χ3n) is 5.01. The summed E-state index contributed by atoms with van der Waals surface area (Å²) in [5, 5.41) is 5.83. The van der Waals surface area contributed by atoms with Gasteiger partial charge in [0.05, 0.1) is 17.0 Å². The van der Waals surface area contributed by atoms with E-state index in [0.29, 0.717) is 5.69 Å². The molecule has 28 heavy (non-hydrogen) atoms. The molecule has 1 heterocycles. The van der Waals surface area contributed by atoms with E-state index in [4.69, 9.17) is 0 Å². The van der Waals surface area contributed by atoms with Crippen molar-refractivity contribution in [2.75, 3.05) is 13.6 Å². The summed E-state index contributed by atoms with van der Waals surface area (Å²) in [5.74, 6) is -0.105. The van der Waals surface area contributed by atoms with E-state index < -0.39 is 0 Å². The van der Waals surface area contributed by atoms with E-state index in [1.165, 1.54) is 22.5 Å². The Morgan fingerprint density at radius 1 is 1.29 bits per heavy atom. The van der Waals surface area contributed by atoms with Gasteiger partial charge in [-0.25, -0.2) is 9.98 Å². The number of carbonyl (C=O) groups excluding carboxylic acids is 1. The molecule has 0 fully saturated rings. The van der Waals surface area contributed by atoms with Crippen LogP contribution in [-0.4, -0.2) is 41.3 Å². The van der Waals surface area contributed by atoms with Crippen molar-refractivity contribution < 1.29 is 4.79 Å². The van der Waals surface area contributed by atoms with Gasteiger partial charge in [0.25, 0.3) is 5.91 Å². The lowest BCUT2D eigenvalue weighted by Gasteiger charge is -2.23. The molecular weight excluding hydrogens is 368 g/mol. The van der Waals surface area contributed by atoms with E-state index in [9.17, 15) is 4.79 Å². The monoisotopic (exact) mass is 400 g/mol. The Morgan fingerprint density at radius 3 is 2.64 bits per heavy atom. The Kier molecular flexibility index (Phi) is 7.35. The van der Waals surface area contributed by atoms with Crippen LogP contribution in [0, 0.1) is 13.8 Å². The molecule has 1 aromatic carbocycles. The summed E-state index contributed by atoms with van der Waals surface area (Å²) in [7, 11) is 2.01. The summed E-state index contributed by atoms with van der Waals surface area (Å²) in [6, 6.07) is 4.30. The van der Waals surface area contributed by atoms with Gasteiger partial charge in [0.2, 0.25) is 0 Å². The van der Waals surface area contributed by atoms with Crippen LogP contribution in [0.3, 0.4) is 0 Å². The zero-order chi connectivity index (χ0) is 20.9. The molecule has 0 unspecified atom stereocenters. The molecule has 1 amide bonds. The number of aromatic nitrogens is 1. The first-order valence-corrected chi connectivity index (χ1v) is 10.6. The van der Waals surface area contributed by atoms with E-state index >= 15 is 0 Å². The van der Waals surface area contributed by atoms with Gasteiger partial charge in [0, 0.05) is 30.9 Å². The summed E-state index contributed by atoms with van der Waals surface area (Å²) in [6.45, 7) is 13.3. The lowest BCUT2D eigenvalue weighted by atomic mass is 10.0. The maximum atomic E-state index is 12.4. The lowest BCUT2D eigenvalue weighted by Crippen LogP contribution is -2.42. The lowest BCUT2D eigenvalue weighted by molar-refractivity contribution is 0.0906. The van der Waals surface area contributed by atoms with Crippen molar-refractivity contribution in [2.24, 2.45) is 4.99 Å². The van der Waals surface area contributed by atoms with Gasteiger partial charge < -0.3 is 10.2 Å². The molecule has 0 atom stereocenters. The molecule has 1 N–H and O–H groups in total. The quantitative estimate of drug-likeness (QED) is 0.507. The predicted molar refractivity (Wildman–Crippen MR) is 119 cm³/mol. The topological polar surface area (TPSA) is 57.6 Å². The molecule has 6 heteroatoms. The normalized spacial score (nSPS) is 11.8. The molecule has 2 aromatic rings. The van der Waals surface area contributed by atoms with Gasteiger partial charge in [-0.1, -0.05) is 13.0 Å². The third-order valence-corrected chi connectivity index (χ3v) is 5.86. The Hall–Kier alpha value is -2.21. The standard InChI is InChI=1S/C22H32N4OS/c1-8-22(5,6)25-21(27)19-13-28-20(24-19)12-17-10-16(4)18(11-15(17)3)23-14-26(7)9-2/h10-11,13-14H,8-9,12H2,1-7H3,(H,25,27). The highest BCUT2D eigenvalue weighted by atomic mass is 32.1. The van der Waals surface area contributed by atoms with Crippen molar-refractivity contribution in [3.8, 4) is 0 Å². The molecule has 0 aliphatic rings. The highest BCUT2D eigenvalue weighted by molar-refractivity contribution is 7.09. The molecule has 0 aliphatic carbocycles. The number of nitrogens with zero attached hydrogens (tertiary/aromatic N) is 3. The number of carbonyl (C=O) groups is 1. The fraction of sp³-hybridized carbons (Fsp3) is 0.500. The van der Waals surface area contributed by atoms with E-state index in [1.807, 2.05) is 37.5 Å². The van der Waals surface area contributed by atoms with Crippen LogP contribution in [-0.2, 0) is 6.42 Å². The summed E-state index contributed by atoms with van der Waals surface area (Å²) in [4.78, 5) is 23.6. The summed E-state index contributed by atoms with van der Waals surface area (Å²) in [5.41, 5.74) is 4.81. The third kappa shape index (κ3) is 5.89. The number of aliphatic imine (C=N–C) groups is 1. The largest absolute Gasteiger partial charge is 0.366 e. The minimum Gasteiger partial charge on any atom is -0.366 e. The zero-order valence-electron chi connectivity index (χ0n) is 18.1. The fourth-order valence-corrected chi connectivity index (χ4v) is 3.35. The number of amides is 1. The van der Waals surface area contributed by atoms with Crippen LogP contribution in [0.4, 0.5) is 5.69 Å². The van der Waals surface area contributed by atoms with Crippen LogP contribution in [0.1, 0.15) is 66.3 Å². The van der Waals surface area contributed by atoms with Crippen LogP contribution < -0.4 is 5.32 Å². The predicted octanol–water partition coefficient (Wildman–Crippen LogP) is 4.88. The SMILES string of the molecule is CCN(C)C=Nc1cc(C)c(Cc2nc(C(=O)NC(C)(C)CC)cs2)cc1C. The minimum atomic E-state index is -0.225. The van der Waals surface area contributed by atoms with E-state index in [2.05, 4.69) is 55.1 Å². The number of aryl methyl sites for hydroxylation is 2. The van der Waals surface area contributed by atoms with Gasteiger partial charge in [-0.3, -0.25) is 4.79 Å². The Bertz CT molecular complexity index is 854. The van der Waals surface area contributed by atoms with Gasteiger partial charge in [-0.15, -0.1) is 11.3 Å². The van der Waals surface area contributed by atoms with Gasteiger partial charge in [-0.05, 0) is 63.8 Å². The highest BCUT2D eigenvalue weighted by Gasteiger charge is 2.20. The second-order valence-electron chi connectivity index (χ2n) is 7.88. The molecule has 1 aromatic heterocycles. The minimum absolute atomic E-state index is 0.105. The van der Waals surface area contributed by atoms with Crippen molar-refractivity contribution >= 4 is 29.3 Å². The fourth-order valence-electron chi connectivity index (χ4n) is 2.55. The van der Waals surface area contributed by atoms with Crippen molar-refractivity contribution in [3.05, 3.63) is 44.9 Å². The number of hydrogen-bond donors (Lipinski definition) is 1. The first kappa shape index (κ1) is 22.1. The Morgan fingerprint density at radius 2 is 2.00 bits per heavy atom. The van der Waals surface area contributed by atoms with Gasteiger partial charge in [-0.2, -0.15) is 0 Å². The second kappa shape index (κ2) is 9.32. The number of rotatable bonds is 8. The second-order valence-corrected chi connectivity index (χ2v) is 8.82. The van der Waals surface area contributed by atoms with E-state index in [-0.39, 0.29) is 11.4 Å². The molecule has 0 saturated heterocycles. The van der Waals surface area contributed by atoms with Crippen LogP contribution in [0.2, 0.25) is 0 Å². The van der Waals surface area contributed by atoms with Crippen LogP contribution in [0.15, 0.2) is 22.5 Å². The molecule has 0 bridgehead atoms. The van der Waals surface area contributed by atoms with Gasteiger partial charge in [0.15, 0.2) is 0 Å². The van der Waals surface area contributed by atoms with Crippen molar-refractivity contribution in [3.63, 3.8) is 0 Å². The molecule has 0 spiro atoms. The molecule has 0 radical (unpaired) electrons. The van der Waals surface area contributed by atoms with Crippen LogP contribution in [0.5, 0.6) is 0 Å². The van der Waals surface area contributed by atoms with Gasteiger partial charge in [0.1, 0.15) is 5.69 Å². The maximum Gasteiger partial charge on any atom is 0.271 e.